The van der Waals surface area contributed by atoms with Gasteiger partial charge in [0.2, 0.25) is 23.6 Å². The van der Waals surface area contributed by atoms with Gasteiger partial charge in [-0.2, -0.15) is 0 Å². The zero-order valence-corrected chi connectivity index (χ0v) is 32.5. The molecule has 1 fully saturated rings. The standard InChI is InChI=1S/C31H42N4O9S.Rb.H2/c1-21(36)6-4-3-5-11-32-29(41)20-45-26-16-30(42)35(31(26)43)18-27(39)33-12-13-44-19-28(40)34-17-24-9-7-23(8-10-24)15-25(38)14-22(2)37;;/h7-10,26H,3-6,11-20H2,1-2H3,(H3,32,33,34,39,40,41);;1H/q;+1;/p-1. The molecule has 0 radical (unpaired) electrons. The molecule has 46 heavy (non-hydrogen) atoms. The quantitative estimate of drug-likeness (QED) is 0.0824. The normalized spacial score (nSPS) is 14.0. The number of nitrogens with one attached hydrogen (secondary N) is 2. The van der Waals surface area contributed by atoms with Gasteiger partial charge in [-0.05, 0) is 32.3 Å². The number of carbonyl (C=O) groups is 8. The first-order valence-corrected chi connectivity index (χ1v) is 15.8. The molecule has 0 aliphatic carbocycles. The smallest absolute Gasteiger partial charge is 0.648 e. The second-order valence-electron chi connectivity index (χ2n) is 10.7. The van der Waals surface area contributed by atoms with Gasteiger partial charge in [0.25, 0.3) is 0 Å². The Morgan fingerprint density at radius 1 is 0.935 bits per heavy atom. The molecule has 1 atom stereocenters. The maximum Gasteiger partial charge on any atom is 1.00 e. The Balaban J connectivity index is 0.0000106. The van der Waals surface area contributed by atoms with Crippen molar-refractivity contribution in [2.75, 3.05) is 38.6 Å². The minimum Gasteiger partial charge on any atom is -0.648 e. The summed E-state index contributed by atoms with van der Waals surface area (Å²) >= 11 is 1.06. The van der Waals surface area contributed by atoms with Gasteiger partial charge in [-0.1, -0.05) is 36.2 Å². The van der Waals surface area contributed by atoms with E-state index in [1.54, 1.807) is 31.2 Å². The summed E-state index contributed by atoms with van der Waals surface area (Å²) in [4.78, 5) is 95.8. The largest absolute Gasteiger partial charge is 1.00 e. The molecule has 1 heterocycles. The van der Waals surface area contributed by atoms with E-state index in [4.69, 9.17) is 4.74 Å². The van der Waals surface area contributed by atoms with Crippen LogP contribution in [0.2, 0.25) is 0 Å². The van der Waals surface area contributed by atoms with E-state index in [-0.39, 0.29) is 134 Å². The number of benzene rings is 1. The molecular weight excluding hydrogens is 690 g/mol. The SMILES string of the molecule is CC(=O)CCCCCNC(=O)CSC1CC(=O)N(CC(=O)NCCOCC(=O)[N-]Cc2ccc(CC(=O)CC(C)=O)cc2)C1=O.[HH].[Rb+]. The topological polar surface area (TPSA) is 187 Å². The van der Waals surface area contributed by atoms with Crippen LogP contribution in [-0.4, -0.2) is 95.6 Å². The van der Waals surface area contributed by atoms with Crippen LogP contribution in [0.4, 0.5) is 0 Å². The molecule has 1 saturated heterocycles. The molecular formula is C31H43N4O9RbS. The van der Waals surface area contributed by atoms with Crippen molar-refractivity contribution in [3.05, 3.63) is 40.7 Å². The third-order valence-electron chi connectivity index (χ3n) is 6.55. The molecule has 0 spiro atoms. The van der Waals surface area contributed by atoms with Crippen LogP contribution in [-0.2, 0) is 56.1 Å². The fourth-order valence-corrected chi connectivity index (χ4v) is 5.24. The summed E-state index contributed by atoms with van der Waals surface area (Å²) < 4.78 is 5.24. The Bertz CT molecular complexity index is 1250. The number of carbonyl (C=O) groups excluding carboxylic acids is 8. The van der Waals surface area contributed by atoms with Gasteiger partial charge in [-0.3, -0.25) is 33.7 Å². The summed E-state index contributed by atoms with van der Waals surface area (Å²) in [5, 5.41) is 8.48. The number of ether oxygens (including phenoxy) is 1. The number of ketones is 3. The molecule has 1 aliphatic rings. The second kappa shape index (κ2) is 23.3. The number of hydrogen-bond donors (Lipinski definition) is 2. The van der Waals surface area contributed by atoms with E-state index in [1.807, 2.05) is 0 Å². The predicted octanol–water partition coefficient (Wildman–Crippen LogP) is -1.31. The Kier molecular flexibility index (Phi) is 21.2. The molecule has 5 amide bonds. The Hall–Kier alpha value is -2.10. The zero-order valence-electron chi connectivity index (χ0n) is 26.8. The number of nitrogens with zero attached hydrogens (tertiary/aromatic N) is 2. The number of thioether (sulfide) groups is 1. The third kappa shape index (κ3) is 17.7. The van der Waals surface area contributed by atoms with Crippen LogP contribution in [0.15, 0.2) is 24.3 Å². The molecule has 2 rings (SSSR count). The number of hydrogen-bond acceptors (Lipinski definition) is 10. The van der Waals surface area contributed by atoms with E-state index in [1.165, 1.54) is 6.92 Å². The first kappa shape index (κ1) is 41.9. The summed E-state index contributed by atoms with van der Waals surface area (Å²) in [6, 6.07) is 7.00. The van der Waals surface area contributed by atoms with E-state index < -0.39 is 35.4 Å². The van der Waals surface area contributed by atoms with Gasteiger partial charge in [-0.25, -0.2) is 0 Å². The average molecular weight is 733 g/mol. The first-order valence-electron chi connectivity index (χ1n) is 14.8. The number of imide groups is 1. The predicted molar refractivity (Wildman–Crippen MR) is 168 cm³/mol. The Labute approximate surface area is 323 Å². The first-order chi connectivity index (χ1) is 21.4. The van der Waals surface area contributed by atoms with Crippen molar-refractivity contribution in [2.24, 2.45) is 0 Å². The Morgan fingerprint density at radius 2 is 1.61 bits per heavy atom. The molecule has 1 aromatic carbocycles. The molecule has 1 aliphatic heterocycles. The fourth-order valence-electron chi connectivity index (χ4n) is 4.26. The van der Waals surface area contributed by atoms with E-state index in [0.717, 1.165) is 47.1 Å². The van der Waals surface area contributed by atoms with E-state index in [2.05, 4.69) is 16.0 Å². The molecule has 0 aromatic heterocycles. The number of unbranched alkanes of at least 4 members (excludes halogenated alkanes) is 2. The van der Waals surface area contributed by atoms with E-state index in [0.29, 0.717) is 13.0 Å². The fraction of sp³-hybridized carbons (Fsp3) is 0.548. The van der Waals surface area contributed by atoms with Crippen LogP contribution in [0.1, 0.15) is 64.9 Å². The van der Waals surface area contributed by atoms with Crippen molar-refractivity contribution < 1.29 is 103 Å². The van der Waals surface area contributed by atoms with Crippen LogP contribution < -0.4 is 68.8 Å². The maximum absolute atomic E-state index is 12.6. The zero-order chi connectivity index (χ0) is 33.2. The number of Topliss-reactive ketones (excluding diaryl/α,β-unsaturated/α-hetero) is 3. The molecule has 0 saturated carbocycles. The van der Waals surface area contributed by atoms with E-state index in [9.17, 15) is 38.4 Å². The minimum atomic E-state index is -0.732. The number of amides is 5. The van der Waals surface area contributed by atoms with Crippen molar-refractivity contribution in [1.29, 1.82) is 0 Å². The third-order valence-corrected chi connectivity index (χ3v) is 7.75. The van der Waals surface area contributed by atoms with Crippen molar-refractivity contribution in [3.63, 3.8) is 0 Å². The van der Waals surface area contributed by atoms with E-state index >= 15 is 0 Å². The van der Waals surface area contributed by atoms with Crippen molar-refractivity contribution >= 4 is 58.6 Å². The Morgan fingerprint density at radius 3 is 2.28 bits per heavy atom. The summed E-state index contributed by atoms with van der Waals surface area (Å²) in [6.45, 7) is 2.85. The van der Waals surface area contributed by atoms with Gasteiger partial charge in [0, 0.05) is 33.8 Å². The van der Waals surface area contributed by atoms with Crippen molar-refractivity contribution in [3.8, 4) is 0 Å². The molecule has 0 bridgehead atoms. The van der Waals surface area contributed by atoms with Gasteiger partial charge in [-0.15, -0.1) is 18.3 Å². The van der Waals surface area contributed by atoms with Crippen LogP contribution in [0, 0.1) is 0 Å². The van der Waals surface area contributed by atoms with Gasteiger partial charge in [0.15, 0.2) is 0 Å². The van der Waals surface area contributed by atoms with Gasteiger partial charge < -0.3 is 30.3 Å². The van der Waals surface area contributed by atoms with Gasteiger partial charge in [0.1, 0.15) is 23.9 Å². The summed E-state index contributed by atoms with van der Waals surface area (Å²) in [6.07, 6.45) is 2.86. The molecule has 15 heteroatoms. The maximum atomic E-state index is 12.6. The van der Waals surface area contributed by atoms with Crippen LogP contribution in [0.5, 0.6) is 0 Å². The van der Waals surface area contributed by atoms with Gasteiger partial charge in [0.05, 0.1) is 36.5 Å². The number of rotatable bonds is 22. The monoisotopic (exact) mass is 732 g/mol. The van der Waals surface area contributed by atoms with Crippen LogP contribution in [0.3, 0.4) is 0 Å². The van der Waals surface area contributed by atoms with Crippen molar-refractivity contribution in [2.45, 2.75) is 70.6 Å². The second-order valence-corrected chi connectivity index (χ2v) is 11.9. The summed E-state index contributed by atoms with van der Waals surface area (Å²) in [5.41, 5.74) is 1.53. The van der Waals surface area contributed by atoms with Gasteiger partial charge >= 0.3 is 58.2 Å². The summed E-state index contributed by atoms with van der Waals surface area (Å²) in [7, 11) is 0. The van der Waals surface area contributed by atoms with Crippen molar-refractivity contribution in [1.82, 2.24) is 15.5 Å². The number of likely N-dealkylation sites (tertiary alicyclic amines) is 1. The molecule has 2 N–H and O–H groups in total. The molecule has 13 nitrogen and oxygen atoms in total. The molecule has 1 unspecified atom stereocenters. The summed E-state index contributed by atoms with van der Waals surface area (Å²) in [5.74, 6) is -2.49. The molecule has 248 valence electrons. The van der Waals surface area contributed by atoms with Crippen LogP contribution in [0.25, 0.3) is 5.32 Å². The minimum absolute atomic E-state index is 0. The molecule has 1 aromatic rings. The average Bonchev–Trinajstić information content (AvgIpc) is 3.24. The van der Waals surface area contributed by atoms with Crippen LogP contribution >= 0.6 is 11.8 Å².